The minimum atomic E-state index is -0.543. The number of rotatable bonds is 7. The molecule has 0 spiro atoms. The van der Waals surface area contributed by atoms with E-state index in [4.69, 9.17) is 9.47 Å². The second-order valence-electron chi connectivity index (χ2n) is 3.82. The average molecular weight is 303 g/mol. The summed E-state index contributed by atoms with van der Waals surface area (Å²) in [6.45, 7) is 5.63. The zero-order valence-corrected chi connectivity index (χ0v) is 11.9. The highest BCUT2D eigenvalue weighted by atomic mass is 79.9. The number of ether oxygens (including phenoxy) is 2. The van der Waals surface area contributed by atoms with Gasteiger partial charge in [-0.15, -0.1) is 0 Å². The molecular weight excluding hydrogens is 284 g/mol. The molecule has 0 amide bonds. The molecule has 0 heterocycles. The first kappa shape index (κ1) is 14.5. The predicted molar refractivity (Wildman–Crippen MR) is 71.4 cm³/mol. The Labute approximate surface area is 111 Å². The molecule has 1 aromatic rings. The molecule has 0 bridgehead atoms. The van der Waals surface area contributed by atoms with Crippen LogP contribution in [0.3, 0.4) is 0 Å². The lowest BCUT2D eigenvalue weighted by Crippen LogP contribution is -2.09. The molecule has 3 nitrogen and oxygen atoms in total. The Kier molecular flexibility index (Phi) is 6.55. The molecule has 1 atom stereocenters. The van der Waals surface area contributed by atoms with E-state index in [1.54, 1.807) is 6.92 Å². The molecule has 0 fully saturated rings. The fraction of sp³-hybridized carbons (Fsp3) is 0.538. The van der Waals surface area contributed by atoms with Gasteiger partial charge in [0.2, 0.25) is 0 Å². The summed E-state index contributed by atoms with van der Waals surface area (Å²) in [5.41, 5.74) is 0.787. The van der Waals surface area contributed by atoms with Crippen molar-refractivity contribution in [3.05, 3.63) is 28.2 Å². The van der Waals surface area contributed by atoms with Crippen LogP contribution in [-0.2, 0) is 4.74 Å². The highest BCUT2D eigenvalue weighted by molar-refractivity contribution is 9.10. The van der Waals surface area contributed by atoms with E-state index < -0.39 is 6.10 Å². The normalized spacial score (nSPS) is 12.5. The summed E-state index contributed by atoms with van der Waals surface area (Å²) in [5, 5.41) is 9.64. The molecule has 4 heteroatoms. The van der Waals surface area contributed by atoms with Gasteiger partial charge in [0, 0.05) is 16.6 Å². The molecule has 96 valence electrons. The molecule has 0 aliphatic rings. The van der Waals surface area contributed by atoms with E-state index in [1.165, 1.54) is 0 Å². The average Bonchev–Trinajstić information content (AvgIpc) is 2.30. The van der Waals surface area contributed by atoms with Crippen molar-refractivity contribution in [3.8, 4) is 5.75 Å². The summed E-state index contributed by atoms with van der Waals surface area (Å²) < 4.78 is 11.9. The molecule has 0 aliphatic carbocycles. The van der Waals surface area contributed by atoms with Crippen molar-refractivity contribution in [2.75, 3.05) is 19.8 Å². The number of benzene rings is 1. The summed E-state index contributed by atoms with van der Waals surface area (Å²) in [4.78, 5) is 0. The Morgan fingerprint density at radius 3 is 2.71 bits per heavy atom. The Morgan fingerprint density at radius 2 is 2.06 bits per heavy atom. The van der Waals surface area contributed by atoms with Gasteiger partial charge >= 0.3 is 0 Å². The lowest BCUT2D eigenvalue weighted by molar-refractivity contribution is 0.0986. The minimum absolute atomic E-state index is 0.501. The van der Waals surface area contributed by atoms with E-state index in [9.17, 15) is 5.11 Å². The lowest BCUT2D eigenvalue weighted by Gasteiger charge is -2.14. The van der Waals surface area contributed by atoms with E-state index >= 15 is 0 Å². The van der Waals surface area contributed by atoms with Crippen LogP contribution in [0.5, 0.6) is 5.75 Å². The quantitative estimate of drug-likeness (QED) is 0.785. The number of aliphatic hydroxyl groups excluding tert-OH is 1. The smallest absolute Gasteiger partial charge is 0.125 e. The topological polar surface area (TPSA) is 38.7 Å². The first-order valence-electron chi connectivity index (χ1n) is 5.83. The van der Waals surface area contributed by atoms with Crippen LogP contribution in [0.4, 0.5) is 0 Å². The van der Waals surface area contributed by atoms with Crippen LogP contribution in [0.15, 0.2) is 22.7 Å². The number of aliphatic hydroxyl groups is 1. The van der Waals surface area contributed by atoms with Crippen LogP contribution in [0.2, 0.25) is 0 Å². The molecule has 0 aromatic heterocycles. The summed E-state index contributed by atoms with van der Waals surface area (Å²) in [5.74, 6) is 0.711. The zero-order valence-electron chi connectivity index (χ0n) is 10.3. The molecule has 0 unspecified atom stereocenters. The van der Waals surface area contributed by atoms with Gasteiger partial charge in [-0.3, -0.25) is 0 Å². The van der Waals surface area contributed by atoms with Gasteiger partial charge in [-0.2, -0.15) is 0 Å². The largest absolute Gasteiger partial charge is 0.491 e. The van der Waals surface area contributed by atoms with Crippen molar-refractivity contribution in [3.63, 3.8) is 0 Å². The van der Waals surface area contributed by atoms with Crippen molar-refractivity contribution in [2.45, 2.75) is 26.4 Å². The van der Waals surface area contributed by atoms with Gasteiger partial charge in [0.25, 0.3) is 0 Å². The van der Waals surface area contributed by atoms with Crippen LogP contribution in [0.25, 0.3) is 0 Å². The molecule has 0 aliphatic heterocycles. The standard InChI is InChI=1S/C13H19BrO3/c1-3-6-16-7-8-17-13-5-4-11(14)9-12(13)10(2)15/h4-5,9-10,15H,3,6-8H2,1-2H3/t10-/m0/s1. The molecule has 1 N–H and O–H groups in total. The Bertz CT molecular complexity index is 339. The second kappa shape index (κ2) is 7.69. The van der Waals surface area contributed by atoms with E-state index in [0.717, 1.165) is 23.1 Å². The van der Waals surface area contributed by atoms with E-state index in [-0.39, 0.29) is 0 Å². The van der Waals surface area contributed by atoms with Crippen molar-refractivity contribution < 1.29 is 14.6 Å². The number of hydrogen-bond donors (Lipinski definition) is 1. The third-order valence-electron chi connectivity index (χ3n) is 2.26. The summed E-state index contributed by atoms with van der Waals surface area (Å²) in [6, 6.07) is 5.62. The fourth-order valence-electron chi connectivity index (χ4n) is 1.43. The first-order chi connectivity index (χ1) is 8.15. The Morgan fingerprint density at radius 1 is 1.29 bits per heavy atom. The first-order valence-corrected chi connectivity index (χ1v) is 6.62. The van der Waals surface area contributed by atoms with Crippen LogP contribution in [0.1, 0.15) is 31.9 Å². The second-order valence-corrected chi connectivity index (χ2v) is 4.73. The van der Waals surface area contributed by atoms with Crippen molar-refractivity contribution in [1.29, 1.82) is 0 Å². The summed E-state index contributed by atoms with van der Waals surface area (Å²) >= 11 is 3.38. The summed E-state index contributed by atoms with van der Waals surface area (Å²) in [6.07, 6.45) is 0.469. The third kappa shape index (κ3) is 5.06. The maximum absolute atomic E-state index is 9.64. The molecule has 0 radical (unpaired) electrons. The monoisotopic (exact) mass is 302 g/mol. The van der Waals surface area contributed by atoms with Crippen LogP contribution < -0.4 is 4.74 Å². The van der Waals surface area contributed by atoms with E-state index in [2.05, 4.69) is 22.9 Å². The lowest BCUT2D eigenvalue weighted by atomic mass is 10.1. The molecule has 1 aromatic carbocycles. The number of hydrogen-bond acceptors (Lipinski definition) is 3. The van der Waals surface area contributed by atoms with Crippen molar-refractivity contribution in [1.82, 2.24) is 0 Å². The number of halogens is 1. The van der Waals surface area contributed by atoms with E-state index in [1.807, 2.05) is 18.2 Å². The van der Waals surface area contributed by atoms with Crippen LogP contribution in [0, 0.1) is 0 Å². The molecular formula is C13H19BrO3. The maximum atomic E-state index is 9.64. The summed E-state index contributed by atoms with van der Waals surface area (Å²) in [7, 11) is 0. The Balaban J connectivity index is 2.52. The van der Waals surface area contributed by atoms with E-state index in [0.29, 0.717) is 19.0 Å². The minimum Gasteiger partial charge on any atom is -0.491 e. The SMILES string of the molecule is CCCOCCOc1ccc(Br)cc1[C@H](C)O. The van der Waals surface area contributed by atoms with Gasteiger partial charge in [0.1, 0.15) is 12.4 Å². The van der Waals surface area contributed by atoms with Crippen LogP contribution >= 0.6 is 15.9 Å². The molecule has 17 heavy (non-hydrogen) atoms. The highest BCUT2D eigenvalue weighted by Gasteiger charge is 2.09. The fourth-order valence-corrected chi connectivity index (χ4v) is 1.81. The van der Waals surface area contributed by atoms with Gasteiger partial charge in [-0.05, 0) is 31.5 Å². The molecule has 0 saturated heterocycles. The van der Waals surface area contributed by atoms with Crippen LogP contribution in [-0.4, -0.2) is 24.9 Å². The zero-order chi connectivity index (χ0) is 12.7. The third-order valence-corrected chi connectivity index (χ3v) is 2.75. The van der Waals surface area contributed by atoms with Gasteiger partial charge in [-0.1, -0.05) is 22.9 Å². The van der Waals surface area contributed by atoms with Gasteiger partial charge in [0.05, 0.1) is 12.7 Å². The molecule has 1 rings (SSSR count). The van der Waals surface area contributed by atoms with Crippen molar-refractivity contribution in [2.24, 2.45) is 0 Å². The van der Waals surface area contributed by atoms with Gasteiger partial charge < -0.3 is 14.6 Å². The van der Waals surface area contributed by atoms with Crippen molar-refractivity contribution >= 4 is 15.9 Å². The predicted octanol–water partition coefficient (Wildman–Crippen LogP) is 3.31. The molecule has 0 saturated carbocycles. The van der Waals surface area contributed by atoms with Gasteiger partial charge in [0.15, 0.2) is 0 Å². The van der Waals surface area contributed by atoms with Gasteiger partial charge in [-0.25, -0.2) is 0 Å². The Hall–Kier alpha value is -0.580. The highest BCUT2D eigenvalue weighted by Crippen LogP contribution is 2.28. The maximum Gasteiger partial charge on any atom is 0.125 e.